The first kappa shape index (κ1) is 18.6. The third-order valence-corrected chi connectivity index (χ3v) is 4.55. The van der Waals surface area contributed by atoms with E-state index in [1.54, 1.807) is 12.1 Å². The van der Waals surface area contributed by atoms with Crippen molar-refractivity contribution in [3.05, 3.63) is 64.2 Å². The van der Waals surface area contributed by atoms with Crippen molar-refractivity contribution in [1.82, 2.24) is 5.32 Å². The molecule has 0 fully saturated rings. The first-order valence-electron chi connectivity index (χ1n) is 8.89. The standard InChI is InChI=1S/C21H22N2O4/c1-13-6-9-18(14(2)10-13)22-21(26)23-19(24)12-27-20(25)17-8-7-15-4-3-5-16(15)11-17/h6-11H,3-5,12H2,1-2H3,(H2,22,23,24,26). The molecule has 27 heavy (non-hydrogen) atoms. The number of hydrogen-bond donors (Lipinski definition) is 2. The van der Waals surface area contributed by atoms with Gasteiger partial charge in [-0.05, 0) is 68.0 Å². The van der Waals surface area contributed by atoms with E-state index >= 15 is 0 Å². The maximum absolute atomic E-state index is 12.1. The topological polar surface area (TPSA) is 84.5 Å². The summed E-state index contributed by atoms with van der Waals surface area (Å²) in [6, 6.07) is 10.3. The number of aryl methyl sites for hydroxylation is 4. The number of carbonyl (C=O) groups excluding carboxylic acids is 3. The van der Waals surface area contributed by atoms with Crippen LogP contribution in [0.25, 0.3) is 0 Å². The van der Waals surface area contributed by atoms with Crippen LogP contribution in [-0.4, -0.2) is 24.5 Å². The summed E-state index contributed by atoms with van der Waals surface area (Å²) in [7, 11) is 0. The molecule has 3 amide bonds. The number of esters is 1. The van der Waals surface area contributed by atoms with Crippen LogP contribution in [0, 0.1) is 13.8 Å². The molecule has 0 spiro atoms. The van der Waals surface area contributed by atoms with Crippen LogP contribution in [-0.2, 0) is 22.4 Å². The third kappa shape index (κ3) is 4.73. The van der Waals surface area contributed by atoms with Gasteiger partial charge in [0.2, 0.25) is 0 Å². The number of benzene rings is 2. The second kappa shape index (κ2) is 8.03. The van der Waals surface area contributed by atoms with Crippen molar-refractivity contribution in [2.45, 2.75) is 33.1 Å². The van der Waals surface area contributed by atoms with Crippen LogP contribution in [0.2, 0.25) is 0 Å². The largest absolute Gasteiger partial charge is 0.452 e. The Morgan fingerprint density at radius 1 is 1.00 bits per heavy atom. The molecule has 0 saturated heterocycles. The van der Waals surface area contributed by atoms with Crippen LogP contribution in [0.5, 0.6) is 0 Å². The van der Waals surface area contributed by atoms with Gasteiger partial charge < -0.3 is 10.1 Å². The summed E-state index contributed by atoms with van der Waals surface area (Å²) in [5, 5.41) is 4.76. The molecule has 6 heteroatoms. The first-order valence-corrected chi connectivity index (χ1v) is 8.89. The fourth-order valence-electron chi connectivity index (χ4n) is 3.18. The SMILES string of the molecule is Cc1ccc(NC(=O)NC(=O)COC(=O)c2ccc3c(c2)CCC3)c(C)c1. The number of nitrogens with one attached hydrogen (secondary N) is 2. The average molecular weight is 366 g/mol. The average Bonchev–Trinajstić information content (AvgIpc) is 3.09. The third-order valence-electron chi connectivity index (χ3n) is 4.55. The molecule has 2 N–H and O–H groups in total. The molecule has 2 aromatic carbocycles. The van der Waals surface area contributed by atoms with Crippen molar-refractivity contribution in [3.63, 3.8) is 0 Å². The van der Waals surface area contributed by atoms with Crippen LogP contribution in [0.15, 0.2) is 36.4 Å². The second-order valence-electron chi connectivity index (χ2n) is 6.73. The van der Waals surface area contributed by atoms with Crippen LogP contribution >= 0.6 is 0 Å². The summed E-state index contributed by atoms with van der Waals surface area (Å²) < 4.78 is 5.01. The lowest BCUT2D eigenvalue weighted by Gasteiger charge is -2.10. The first-order chi connectivity index (χ1) is 12.9. The highest BCUT2D eigenvalue weighted by atomic mass is 16.5. The van der Waals surface area contributed by atoms with Crippen molar-refractivity contribution in [3.8, 4) is 0 Å². The van der Waals surface area contributed by atoms with E-state index in [1.807, 2.05) is 38.1 Å². The Hall–Kier alpha value is -3.15. The Bertz CT molecular complexity index is 905. The molecule has 0 atom stereocenters. The summed E-state index contributed by atoms with van der Waals surface area (Å²) in [6.45, 7) is 3.30. The molecule has 0 aliphatic heterocycles. The Balaban J connectivity index is 1.49. The molecule has 0 heterocycles. The summed E-state index contributed by atoms with van der Waals surface area (Å²) in [6.07, 6.45) is 3.07. The Kier molecular flexibility index (Phi) is 5.54. The Morgan fingerprint density at radius 3 is 2.56 bits per heavy atom. The van der Waals surface area contributed by atoms with Gasteiger partial charge in [0, 0.05) is 5.69 Å². The number of imide groups is 1. The van der Waals surface area contributed by atoms with Gasteiger partial charge in [-0.25, -0.2) is 9.59 Å². The molecular formula is C21H22N2O4. The van der Waals surface area contributed by atoms with E-state index in [1.165, 1.54) is 5.56 Å². The van der Waals surface area contributed by atoms with Gasteiger partial charge in [-0.15, -0.1) is 0 Å². The van der Waals surface area contributed by atoms with E-state index in [4.69, 9.17) is 4.74 Å². The zero-order chi connectivity index (χ0) is 19.4. The monoisotopic (exact) mass is 366 g/mol. The lowest BCUT2D eigenvalue weighted by atomic mass is 10.1. The number of carbonyl (C=O) groups is 3. The molecule has 2 aromatic rings. The van der Waals surface area contributed by atoms with E-state index < -0.39 is 24.5 Å². The molecule has 1 aliphatic carbocycles. The quantitative estimate of drug-likeness (QED) is 0.813. The molecule has 0 aromatic heterocycles. The van der Waals surface area contributed by atoms with Crippen molar-refractivity contribution in [2.75, 3.05) is 11.9 Å². The maximum Gasteiger partial charge on any atom is 0.338 e. The van der Waals surface area contributed by atoms with E-state index in [-0.39, 0.29) is 0 Å². The lowest BCUT2D eigenvalue weighted by Crippen LogP contribution is -2.37. The normalized spacial score (nSPS) is 12.2. The highest BCUT2D eigenvalue weighted by Gasteiger charge is 2.16. The smallest absolute Gasteiger partial charge is 0.338 e. The Labute approximate surface area is 157 Å². The highest BCUT2D eigenvalue weighted by molar-refractivity contribution is 6.02. The van der Waals surface area contributed by atoms with Crippen molar-refractivity contribution in [2.24, 2.45) is 0 Å². The van der Waals surface area contributed by atoms with Gasteiger partial charge in [0.25, 0.3) is 5.91 Å². The Morgan fingerprint density at radius 2 is 1.78 bits per heavy atom. The molecule has 0 bridgehead atoms. The summed E-state index contributed by atoms with van der Waals surface area (Å²) >= 11 is 0. The molecule has 0 radical (unpaired) electrons. The minimum atomic E-state index is -0.688. The number of anilines is 1. The van der Waals surface area contributed by atoms with Gasteiger partial charge in [0.1, 0.15) is 0 Å². The molecule has 6 nitrogen and oxygen atoms in total. The fraction of sp³-hybridized carbons (Fsp3) is 0.286. The van der Waals surface area contributed by atoms with Gasteiger partial charge >= 0.3 is 12.0 Å². The van der Waals surface area contributed by atoms with Crippen molar-refractivity contribution < 1.29 is 19.1 Å². The number of rotatable bonds is 4. The summed E-state index contributed by atoms with van der Waals surface area (Å²) in [5.41, 5.74) is 5.41. The van der Waals surface area contributed by atoms with E-state index in [2.05, 4.69) is 10.6 Å². The number of fused-ring (bicyclic) bond motifs is 1. The predicted octanol–water partition coefficient (Wildman–Crippen LogP) is 3.30. The van der Waals surface area contributed by atoms with Crippen LogP contribution in [0.3, 0.4) is 0 Å². The molecular weight excluding hydrogens is 344 g/mol. The number of hydrogen-bond acceptors (Lipinski definition) is 4. The van der Waals surface area contributed by atoms with Gasteiger partial charge in [-0.3, -0.25) is 10.1 Å². The molecule has 0 unspecified atom stereocenters. The number of urea groups is 1. The maximum atomic E-state index is 12.1. The van der Waals surface area contributed by atoms with Crippen LogP contribution < -0.4 is 10.6 Å². The van der Waals surface area contributed by atoms with Crippen molar-refractivity contribution in [1.29, 1.82) is 0 Å². The predicted molar refractivity (Wildman–Crippen MR) is 102 cm³/mol. The molecule has 1 aliphatic rings. The summed E-state index contributed by atoms with van der Waals surface area (Å²) in [5.74, 6) is -1.26. The lowest BCUT2D eigenvalue weighted by molar-refractivity contribution is -0.123. The van der Waals surface area contributed by atoms with Crippen LogP contribution in [0.1, 0.15) is 39.0 Å². The van der Waals surface area contributed by atoms with Gasteiger partial charge in [0.15, 0.2) is 6.61 Å². The van der Waals surface area contributed by atoms with E-state index in [0.717, 1.165) is 36.0 Å². The zero-order valence-corrected chi connectivity index (χ0v) is 15.4. The van der Waals surface area contributed by atoms with E-state index in [9.17, 15) is 14.4 Å². The number of ether oxygens (including phenoxy) is 1. The fourth-order valence-corrected chi connectivity index (χ4v) is 3.18. The second-order valence-corrected chi connectivity index (χ2v) is 6.73. The van der Waals surface area contributed by atoms with Gasteiger partial charge in [0.05, 0.1) is 5.56 Å². The van der Waals surface area contributed by atoms with Gasteiger partial charge in [-0.1, -0.05) is 23.8 Å². The molecule has 140 valence electrons. The van der Waals surface area contributed by atoms with Crippen LogP contribution in [0.4, 0.5) is 10.5 Å². The van der Waals surface area contributed by atoms with Gasteiger partial charge in [-0.2, -0.15) is 0 Å². The zero-order valence-electron chi connectivity index (χ0n) is 15.4. The molecule has 3 rings (SSSR count). The highest BCUT2D eigenvalue weighted by Crippen LogP contribution is 2.23. The summed E-state index contributed by atoms with van der Waals surface area (Å²) in [4.78, 5) is 35.9. The minimum absolute atomic E-state index is 0.420. The molecule has 0 saturated carbocycles. The van der Waals surface area contributed by atoms with Crippen molar-refractivity contribution >= 4 is 23.6 Å². The minimum Gasteiger partial charge on any atom is -0.452 e. The van der Waals surface area contributed by atoms with E-state index in [0.29, 0.717) is 11.3 Å². The number of amides is 3.